The Morgan fingerprint density at radius 1 is 1.38 bits per heavy atom. The van der Waals surface area contributed by atoms with Crippen LogP contribution in [0.5, 0.6) is 0 Å². The molecule has 0 saturated carbocycles. The van der Waals surface area contributed by atoms with Gasteiger partial charge in [-0.1, -0.05) is 0 Å². The standard InChI is InChI=1S/C9H12N2O4S/c1-4-5(2)16-7(6(4)8(12)13)10-9(14)11-15-3/h1-3H3,(H,12,13)(H2,10,11,14). The summed E-state index contributed by atoms with van der Waals surface area (Å²) in [5.41, 5.74) is 2.83. The Balaban J connectivity index is 3.00. The lowest BCUT2D eigenvalue weighted by Gasteiger charge is -2.04. The second kappa shape index (κ2) is 4.95. The largest absolute Gasteiger partial charge is 0.478 e. The van der Waals surface area contributed by atoms with E-state index in [-0.39, 0.29) is 5.56 Å². The van der Waals surface area contributed by atoms with Gasteiger partial charge in [0.05, 0.1) is 12.7 Å². The lowest BCUT2D eigenvalue weighted by Crippen LogP contribution is -2.27. The molecule has 1 aromatic heterocycles. The Morgan fingerprint density at radius 2 is 2.00 bits per heavy atom. The van der Waals surface area contributed by atoms with Crippen molar-refractivity contribution in [1.29, 1.82) is 0 Å². The van der Waals surface area contributed by atoms with Crippen LogP contribution >= 0.6 is 11.3 Å². The monoisotopic (exact) mass is 244 g/mol. The molecule has 0 aromatic carbocycles. The van der Waals surface area contributed by atoms with Crippen molar-refractivity contribution in [2.45, 2.75) is 13.8 Å². The molecule has 6 nitrogen and oxygen atoms in total. The fourth-order valence-electron chi connectivity index (χ4n) is 1.19. The zero-order valence-electron chi connectivity index (χ0n) is 9.08. The van der Waals surface area contributed by atoms with Crippen molar-refractivity contribution >= 4 is 28.3 Å². The van der Waals surface area contributed by atoms with Gasteiger partial charge in [-0.3, -0.25) is 10.2 Å². The molecule has 0 radical (unpaired) electrons. The number of hydrogen-bond acceptors (Lipinski definition) is 4. The van der Waals surface area contributed by atoms with Crippen LogP contribution in [0.3, 0.4) is 0 Å². The summed E-state index contributed by atoms with van der Waals surface area (Å²) in [5, 5.41) is 11.7. The first kappa shape index (κ1) is 12.5. The number of anilines is 1. The number of thiophene rings is 1. The topological polar surface area (TPSA) is 87.7 Å². The minimum Gasteiger partial charge on any atom is -0.478 e. The molecule has 16 heavy (non-hydrogen) atoms. The van der Waals surface area contributed by atoms with Gasteiger partial charge < -0.3 is 5.11 Å². The molecule has 1 rings (SSSR count). The Bertz CT molecular complexity index is 427. The Kier molecular flexibility index (Phi) is 3.86. The van der Waals surface area contributed by atoms with Crippen molar-refractivity contribution < 1.29 is 19.5 Å². The van der Waals surface area contributed by atoms with E-state index in [1.54, 1.807) is 13.8 Å². The lowest BCUT2D eigenvalue weighted by atomic mass is 10.1. The summed E-state index contributed by atoms with van der Waals surface area (Å²) in [6.45, 7) is 3.50. The Morgan fingerprint density at radius 3 is 2.50 bits per heavy atom. The van der Waals surface area contributed by atoms with Crippen LogP contribution in [0.25, 0.3) is 0 Å². The molecule has 7 heteroatoms. The molecule has 0 aliphatic carbocycles. The first-order valence-electron chi connectivity index (χ1n) is 4.40. The van der Waals surface area contributed by atoms with Crippen molar-refractivity contribution in [2.24, 2.45) is 0 Å². The highest BCUT2D eigenvalue weighted by Gasteiger charge is 2.20. The van der Waals surface area contributed by atoms with Crippen LogP contribution in [-0.4, -0.2) is 24.2 Å². The van der Waals surface area contributed by atoms with Gasteiger partial charge in [-0.15, -0.1) is 11.3 Å². The predicted octanol–water partition coefficient (Wildman–Crippen LogP) is 1.75. The number of hydroxylamine groups is 1. The number of aryl methyl sites for hydroxylation is 1. The molecular formula is C9H12N2O4S. The zero-order valence-corrected chi connectivity index (χ0v) is 9.90. The van der Waals surface area contributed by atoms with Gasteiger partial charge in [0, 0.05) is 4.88 Å². The number of amides is 2. The van der Waals surface area contributed by atoms with Crippen LogP contribution in [-0.2, 0) is 4.84 Å². The molecule has 1 heterocycles. The van der Waals surface area contributed by atoms with E-state index in [1.165, 1.54) is 18.4 Å². The van der Waals surface area contributed by atoms with Gasteiger partial charge in [0.15, 0.2) is 0 Å². The van der Waals surface area contributed by atoms with Crippen LogP contribution < -0.4 is 10.8 Å². The molecule has 0 aliphatic heterocycles. The van der Waals surface area contributed by atoms with Crippen LogP contribution in [0.4, 0.5) is 9.80 Å². The third kappa shape index (κ3) is 2.50. The molecule has 88 valence electrons. The van der Waals surface area contributed by atoms with Gasteiger partial charge in [0.1, 0.15) is 5.00 Å². The summed E-state index contributed by atoms with van der Waals surface area (Å²) in [6, 6.07) is -0.605. The minimum atomic E-state index is -1.06. The van der Waals surface area contributed by atoms with Gasteiger partial charge in [-0.2, -0.15) is 0 Å². The summed E-state index contributed by atoms with van der Waals surface area (Å²) in [5.74, 6) is -1.06. The summed E-state index contributed by atoms with van der Waals surface area (Å²) in [6.07, 6.45) is 0. The molecule has 0 aliphatic rings. The highest BCUT2D eigenvalue weighted by atomic mass is 32.1. The van der Waals surface area contributed by atoms with Gasteiger partial charge in [0.25, 0.3) is 0 Å². The third-order valence-electron chi connectivity index (χ3n) is 2.02. The summed E-state index contributed by atoms with van der Waals surface area (Å²) in [7, 11) is 1.29. The number of carboxylic acid groups (broad SMARTS) is 1. The molecule has 0 spiro atoms. The van der Waals surface area contributed by atoms with Gasteiger partial charge in [-0.25, -0.2) is 15.1 Å². The minimum absolute atomic E-state index is 0.119. The second-order valence-corrected chi connectivity index (χ2v) is 4.28. The smallest absolute Gasteiger partial charge is 0.343 e. The molecule has 1 aromatic rings. The van der Waals surface area contributed by atoms with E-state index in [4.69, 9.17) is 5.11 Å². The Labute approximate surface area is 96.2 Å². The van der Waals surface area contributed by atoms with Crippen LogP contribution in [0.15, 0.2) is 0 Å². The summed E-state index contributed by atoms with van der Waals surface area (Å²) < 4.78 is 0. The SMILES string of the molecule is CONC(=O)Nc1sc(C)c(C)c1C(=O)O. The molecule has 0 atom stereocenters. The van der Waals surface area contributed by atoms with Crippen LogP contribution in [0.1, 0.15) is 20.8 Å². The first-order valence-corrected chi connectivity index (χ1v) is 5.22. The van der Waals surface area contributed by atoms with Crippen LogP contribution in [0.2, 0.25) is 0 Å². The van der Waals surface area contributed by atoms with Crippen molar-refractivity contribution in [3.63, 3.8) is 0 Å². The number of nitrogens with one attached hydrogen (secondary N) is 2. The molecule has 0 fully saturated rings. The highest BCUT2D eigenvalue weighted by Crippen LogP contribution is 2.32. The van der Waals surface area contributed by atoms with E-state index >= 15 is 0 Å². The Hall–Kier alpha value is -1.60. The van der Waals surface area contributed by atoms with Crippen molar-refractivity contribution in [1.82, 2.24) is 5.48 Å². The van der Waals surface area contributed by atoms with Crippen molar-refractivity contribution in [3.05, 3.63) is 16.0 Å². The average molecular weight is 244 g/mol. The summed E-state index contributed by atoms with van der Waals surface area (Å²) in [4.78, 5) is 27.4. The number of urea groups is 1. The maximum atomic E-state index is 11.2. The lowest BCUT2D eigenvalue weighted by molar-refractivity contribution is 0.0697. The normalized spacial score (nSPS) is 9.94. The fraction of sp³-hybridized carbons (Fsp3) is 0.333. The van der Waals surface area contributed by atoms with E-state index < -0.39 is 12.0 Å². The maximum absolute atomic E-state index is 11.2. The molecular weight excluding hydrogens is 232 g/mol. The number of carbonyl (C=O) groups excluding carboxylic acids is 1. The van der Waals surface area contributed by atoms with Gasteiger partial charge in [0.2, 0.25) is 0 Å². The number of rotatable bonds is 3. The molecule has 2 amide bonds. The first-order chi connectivity index (χ1) is 7.47. The fourth-order valence-corrected chi connectivity index (χ4v) is 2.24. The second-order valence-electron chi connectivity index (χ2n) is 3.05. The maximum Gasteiger partial charge on any atom is 0.343 e. The van der Waals surface area contributed by atoms with Crippen molar-refractivity contribution in [2.75, 3.05) is 12.4 Å². The van der Waals surface area contributed by atoms with E-state index in [0.29, 0.717) is 10.6 Å². The molecule has 0 bridgehead atoms. The number of carbonyl (C=O) groups is 2. The molecule has 0 saturated heterocycles. The molecule has 0 unspecified atom stereocenters. The zero-order chi connectivity index (χ0) is 12.3. The van der Waals surface area contributed by atoms with E-state index in [2.05, 4.69) is 15.6 Å². The highest BCUT2D eigenvalue weighted by molar-refractivity contribution is 7.16. The van der Waals surface area contributed by atoms with Gasteiger partial charge in [-0.05, 0) is 19.4 Å². The van der Waals surface area contributed by atoms with Crippen LogP contribution in [0, 0.1) is 13.8 Å². The van der Waals surface area contributed by atoms with E-state index in [0.717, 1.165) is 4.88 Å². The van der Waals surface area contributed by atoms with E-state index in [1.807, 2.05) is 0 Å². The number of carboxylic acids is 1. The number of aromatic carboxylic acids is 1. The summed E-state index contributed by atoms with van der Waals surface area (Å²) >= 11 is 1.22. The molecule has 3 N–H and O–H groups in total. The van der Waals surface area contributed by atoms with Crippen molar-refractivity contribution in [3.8, 4) is 0 Å². The van der Waals surface area contributed by atoms with Gasteiger partial charge >= 0.3 is 12.0 Å². The number of hydrogen-bond donors (Lipinski definition) is 3. The average Bonchev–Trinajstić information content (AvgIpc) is 2.42. The predicted molar refractivity (Wildman–Crippen MR) is 59.9 cm³/mol. The van der Waals surface area contributed by atoms with E-state index in [9.17, 15) is 9.59 Å². The third-order valence-corrected chi connectivity index (χ3v) is 3.14. The quantitative estimate of drug-likeness (QED) is 0.707.